The van der Waals surface area contributed by atoms with Crippen molar-refractivity contribution in [1.29, 1.82) is 0 Å². The Hall–Kier alpha value is -3.65. The van der Waals surface area contributed by atoms with E-state index >= 15 is 0 Å². The van der Waals surface area contributed by atoms with E-state index in [4.69, 9.17) is 4.42 Å². The molecule has 0 atom stereocenters. The highest BCUT2D eigenvalue weighted by atomic mass is 32.2. The van der Waals surface area contributed by atoms with E-state index < -0.39 is 5.97 Å². The van der Waals surface area contributed by atoms with Gasteiger partial charge in [0.05, 0.1) is 16.2 Å². The maximum Gasteiger partial charge on any atom is 0.335 e. The number of amides is 1. The summed E-state index contributed by atoms with van der Waals surface area (Å²) >= 11 is 1.15. The molecule has 1 aliphatic rings. The van der Waals surface area contributed by atoms with Crippen LogP contribution in [0.3, 0.4) is 0 Å². The smallest absolute Gasteiger partial charge is 0.335 e. The highest BCUT2D eigenvalue weighted by Crippen LogP contribution is 2.31. The van der Waals surface area contributed by atoms with Gasteiger partial charge in [0.2, 0.25) is 0 Å². The summed E-state index contributed by atoms with van der Waals surface area (Å²) in [5, 5.41) is 12.3. The van der Waals surface area contributed by atoms with Crippen LogP contribution in [0.1, 0.15) is 21.7 Å². The molecule has 0 radical (unpaired) electrons. The fourth-order valence-electron chi connectivity index (χ4n) is 2.95. The maximum absolute atomic E-state index is 13.0. The molecule has 1 aromatic heterocycles. The zero-order chi connectivity index (χ0) is 21.3. The minimum absolute atomic E-state index is 0.205. The molecule has 1 amide bonds. The highest BCUT2D eigenvalue weighted by molar-refractivity contribution is 8.18. The molecule has 0 saturated carbocycles. The van der Waals surface area contributed by atoms with Gasteiger partial charge in [-0.05, 0) is 66.7 Å². The standard InChI is InChI=1S/C22H15FN2O4S/c1-12-16(3-2-4-17(12)21(27)28)18-10-9-15(29-18)11-19-20(26)25-22(30-19)24-14-7-5-13(23)6-8-14/h2-11H,1H3,(H,27,28)(H,24,25,26)/b19-11+. The van der Waals surface area contributed by atoms with E-state index in [9.17, 15) is 19.1 Å². The van der Waals surface area contributed by atoms with Crippen molar-refractivity contribution in [2.45, 2.75) is 6.92 Å². The monoisotopic (exact) mass is 422 g/mol. The van der Waals surface area contributed by atoms with Crippen LogP contribution in [0.2, 0.25) is 0 Å². The van der Waals surface area contributed by atoms with Gasteiger partial charge in [-0.3, -0.25) is 4.79 Å². The number of thioether (sulfide) groups is 1. The molecular weight excluding hydrogens is 407 g/mol. The minimum Gasteiger partial charge on any atom is -0.478 e. The van der Waals surface area contributed by atoms with Crippen molar-refractivity contribution in [2.75, 3.05) is 0 Å². The van der Waals surface area contributed by atoms with Crippen LogP contribution in [0.25, 0.3) is 17.4 Å². The molecule has 8 heteroatoms. The first kappa shape index (κ1) is 19.7. The molecule has 3 aromatic rings. The molecule has 150 valence electrons. The van der Waals surface area contributed by atoms with Gasteiger partial charge >= 0.3 is 5.97 Å². The Morgan fingerprint density at radius 2 is 1.93 bits per heavy atom. The SMILES string of the molecule is Cc1c(C(=O)O)cccc1-c1ccc(/C=C2/SC(=Nc3ccc(F)cc3)NC2=O)o1. The fourth-order valence-corrected chi connectivity index (χ4v) is 3.77. The number of furan rings is 1. The van der Waals surface area contributed by atoms with E-state index in [0.717, 1.165) is 11.8 Å². The Morgan fingerprint density at radius 3 is 2.67 bits per heavy atom. The third-order valence-corrected chi connectivity index (χ3v) is 5.35. The van der Waals surface area contributed by atoms with Crippen LogP contribution in [0.4, 0.5) is 10.1 Å². The van der Waals surface area contributed by atoms with E-state index in [2.05, 4.69) is 10.3 Å². The number of nitrogens with zero attached hydrogens (tertiary/aromatic N) is 1. The molecule has 0 unspecified atom stereocenters. The van der Waals surface area contributed by atoms with E-state index in [-0.39, 0.29) is 17.3 Å². The zero-order valence-electron chi connectivity index (χ0n) is 15.7. The maximum atomic E-state index is 13.0. The van der Waals surface area contributed by atoms with Crippen molar-refractivity contribution in [3.05, 3.63) is 82.2 Å². The lowest BCUT2D eigenvalue weighted by atomic mass is 10.0. The number of benzene rings is 2. The summed E-state index contributed by atoms with van der Waals surface area (Å²) in [6.45, 7) is 1.72. The van der Waals surface area contributed by atoms with Crippen LogP contribution in [0.15, 0.2) is 68.9 Å². The summed E-state index contributed by atoms with van der Waals surface area (Å²) < 4.78 is 18.8. The third kappa shape index (κ3) is 4.04. The van der Waals surface area contributed by atoms with Gasteiger partial charge in [0, 0.05) is 11.6 Å². The predicted molar refractivity (Wildman–Crippen MR) is 113 cm³/mol. The van der Waals surface area contributed by atoms with Crippen LogP contribution >= 0.6 is 11.8 Å². The van der Waals surface area contributed by atoms with E-state index in [1.165, 1.54) is 30.3 Å². The first-order valence-electron chi connectivity index (χ1n) is 8.89. The van der Waals surface area contributed by atoms with Crippen LogP contribution in [0, 0.1) is 12.7 Å². The average Bonchev–Trinajstić information content (AvgIpc) is 3.30. The Morgan fingerprint density at radius 1 is 1.17 bits per heavy atom. The summed E-state index contributed by atoms with van der Waals surface area (Å²) in [6.07, 6.45) is 1.59. The molecule has 0 aliphatic carbocycles. The molecule has 1 aliphatic heterocycles. The number of carbonyl (C=O) groups excluding carboxylic acids is 1. The number of amidine groups is 1. The molecule has 6 nitrogen and oxygen atoms in total. The number of halogens is 1. The summed E-state index contributed by atoms with van der Waals surface area (Å²) in [5.41, 5.74) is 1.99. The van der Waals surface area contributed by atoms with Gasteiger partial charge in [0.15, 0.2) is 5.17 Å². The molecule has 1 saturated heterocycles. The molecule has 2 aromatic carbocycles. The number of carbonyl (C=O) groups is 2. The van der Waals surface area contributed by atoms with Crippen molar-refractivity contribution in [3.63, 3.8) is 0 Å². The molecule has 4 rings (SSSR count). The van der Waals surface area contributed by atoms with Crippen molar-refractivity contribution in [3.8, 4) is 11.3 Å². The Balaban J connectivity index is 1.57. The quantitative estimate of drug-likeness (QED) is 0.579. The normalized spacial score (nSPS) is 16.3. The Labute approximate surface area is 175 Å². The number of carboxylic acids is 1. The lowest BCUT2D eigenvalue weighted by molar-refractivity contribution is -0.115. The number of nitrogens with one attached hydrogen (secondary N) is 1. The third-order valence-electron chi connectivity index (χ3n) is 4.44. The molecule has 30 heavy (non-hydrogen) atoms. The number of carboxylic acid groups (broad SMARTS) is 1. The molecule has 0 bridgehead atoms. The van der Waals surface area contributed by atoms with E-state index in [1.807, 2.05) is 0 Å². The van der Waals surface area contributed by atoms with Gasteiger partial charge in [-0.15, -0.1) is 0 Å². The fraction of sp³-hybridized carbons (Fsp3) is 0.0455. The summed E-state index contributed by atoms with van der Waals surface area (Å²) in [5.74, 6) is -0.727. The number of hydrogen-bond donors (Lipinski definition) is 2. The number of aliphatic imine (C=N–C) groups is 1. The van der Waals surface area contributed by atoms with Crippen molar-refractivity contribution in [1.82, 2.24) is 5.32 Å². The van der Waals surface area contributed by atoms with Gasteiger partial charge < -0.3 is 14.8 Å². The summed E-state index contributed by atoms with van der Waals surface area (Å²) in [6, 6.07) is 14.0. The van der Waals surface area contributed by atoms with E-state index in [1.54, 1.807) is 37.3 Å². The number of hydrogen-bond acceptors (Lipinski definition) is 5. The Bertz CT molecular complexity index is 1210. The predicted octanol–water partition coefficient (Wildman–Crippen LogP) is 4.98. The van der Waals surface area contributed by atoms with Gasteiger partial charge in [-0.1, -0.05) is 12.1 Å². The van der Waals surface area contributed by atoms with Gasteiger partial charge in [0.1, 0.15) is 17.3 Å². The first-order chi connectivity index (χ1) is 14.4. The second kappa shape index (κ2) is 8.00. The largest absolute Gasteiger partial charge is 0.478 e. The second-order valence-corrected chi connectivity index (χ2v) is 7.47. The summed E-state index contributed by atoms with van der Waals surface area (Å²) in [4.78, 5) is 28.3. The van der Waals surface area contributed by atoms with Crippen LogP contribution in [0.5, 0.6) is 0 Å². The lowest BCUT2D eigenvalue weighted by Gasteiger charge is -2.05. The summed E-state index contributed by atoms with van der Waals surface area (Å²) in [7, 11) is 0. The molecular formula is C22H15FN2O4S. The second-order valence-electron chi connectivity index (χ2n) is 6.44. The molecule has 2 heterocycles. The highest BCUT2D eigenvalue weighted by Gasteiger charge is 2.24. The van der Waals surface area contributed by atoms with Crippen molar-refractivity contribution >= 4 is 40.6 Å². The van der Waals surface area contributed by atoms with Crippen LogP contribution in [-0.4, -0.2) is 22.2 Å². The van der Waals surface area contributed by atoms with Gasteiger partial charge in [-0.25, -0.2) is 14.2 Å². The van der Waals surface area contributed by atoms with Crippen LogP contribution < -0.4 is 5.32 Å². The lowest BCUT2D eigenvalue weighted by Crippen LogP contribution is -2.19. The van der Waals surface area contributed by atoms with Gasteiger partial charge in [0.25, 0.3) is 5.91 Å². The molecule has 0 spiro atoms. The van der Waals surface area contributed by atoms with Crippen LogP contribution in [-0.2, 0) is 4.79 Å². The molecule has 2 N–H and O–H groups in total. The Kier molecular flexibility index (Phi) is 5.24. The minimum atomic E-state index is -1.00. The first-order valence-corrected chi connectivity index (χ1v) is 9.70. The van der Waals surface area contributed by atoms with Crippen molar-refractivity contribution in [2.24, 2.45) is 4.99 Å². The van der Waals surface area contributed by atoms with Gasteiger partial charge in [-0.2, -0.15) is 0 Å². The van der Waals surface area contributed by atoms with Crippen molar-refractivity contribution < 1.29 is 23.5 Å². The van der Waals surface area contributed by atoms with E-state index in [0.29, 0.717) is 38.4 Å². The topological polar surface area (TPSA) is 91.9 Å². The number of rotatable bonds is 4. The average molecular weight is 422 g/mol. The molecule has 1 fully saturated rings. The number of aromatic carboxylic acids is 1. The zero-order valence-corrected chi connectivity index (χ0v) is 16.5.